The molecule has 1 aromatic rings. The van der Waals surface area contributed by atoms with Gasteiger partial charge in [0, 0.05) is 18.6 Å². The van der Waals surface area contributed by atoms with Crippen LogP contribution in [0.25, 0.3) is 0 Å². The third-order valence-corrected chi connectivity index (χ3v) is 4.07. The van der Waals surface area contributed by atoms with Crippen LogP contribution in [0, 0.1) is 0 Å². The summed E-state index contributed by atoms with van der Waals surface area (Å²) < 4.78 is 0. The molecule has 1 atom stereocenters. The van der Waals surface area contributed by atoms with E-state index in [1.54, 1.807) is 18.2 Å². The Labute approximate surface area is 118 Å². The first-order valence-electron chi connectivity index (χ1n) is 6.55. The van der Waals surface area contributed by atoms with Crippen LogP contribution in [-0.4, -0.2) is 36.5 Å². The Bertz CT molecular complexity index is 474. The fourth-order valence-electron chi connectivity index (χ4n) is 2.05. The quantitative estimate of drug-likeness (QED) is 0.813. The van der Waals surface area contributed by atoms with Crippen molar-refractivity contribution in [2.75, 3.05) is 19.3 Å². The van der Waals surface area contributed by atoms with E-state index in [1.165, 1.54) is 12.8 Å². The van der Waals surface area contributed by atoms with Gasteiger partial charge in [0.15, 0.2) is 0 Å². The first kappa shape index (κ1) is 14.2. The van der Waals surface area contributed by atoms with Gasteiger partial charge in [-0.3, -0.25) is 9.69 Å². The molecule has 5 heteroatoms. The van der Waals surface area contributed by atoms with Gasteiger partial charge in [-0.25, -0.2) is 0 Å². The third-order valence-electron chi connectivity index (χ3n) is 3.65. The van der Waals surface area contributed by atoms with Crippen molar-refractivity contribution in [2.45, 2.75) is 31.8 Å². The van der Waals surface area contributed by atoms with Crippen molar-refractivity contribution < 1.29 is 4.79 Å². The molecule has 1 unspecified atom stereocenters. The summed E-state index contributed by atoms with van der Waals surface area (Å²) in [5, 5.41) is 3.23. The molecule has 4 nitrogen and oxygen atoms in total. The number of likely N-dealkylation sites (N-methyl/N-ethyl adjacent to an activating group) is 1. The van der Waals surface area contributed by atoms with Gasteiger partial charge in [0.1, 0.15) is 0 Å². The van der Waals surface area contributed by atoms with Crippen LogP contribution in [0.2, 0.25) is 5.02 Å². The number of benzene rings is 1. The Hall–Kier alpha value is -1.26. The molecule has 19 heavy (non-hydrogen) atoms. The molecular weight excluding hydrogens is 262 g/mol. The number of carbonyl (C=O) groups excluding carboxylic acids is 1. The topological polar surface area (TPSA) is 58.4 Å². The van der Waals surface area contributed by atoms with E-state index in [0.717, 1.165) is 0 Å². The maximum Gasteiger partial charge on any atom is 0.252 e. The van der Waals surface area contributed by atoms with E-state index in [-0.39, 0.29) is 5.91 Å². The highest BCUT2D eigenvalue weighted by atomic mass is 35.5. The highest BCUT2D eigenvalue weighted by Crippen LogP contribution is 2.27. The van der Waals surface area contributed by atoms with Crippen LogP contribution >= 0.6 is 11.6 Å². The van der Waals surface area contributed by atoms with Gasteiger partial charge in [-0.1, -0.05) is 17.7 Å². The van der Waals surface area contributed by atoms with E-state index in [2.05, 4.69) is 24.2 Å². The molecule has 0 heterocycles. The van der Waals surface area contributed by atoms with Gasteiger partial charge in [-0.05, 0) is 38.9 Å². The summed E-state index contributed by atoms with van der Waals surface area (Å²) in [4.78, 5) is 14.4. The van der Waals surface area contributed by atoms with Crippen molar-refractivity contribution in [3.8, 4) is 0 Å². The molecule has 0 saturated heterocycles. The first-order valence-corrected chi connectivity index (χ1v) is 6.92. The number of hydrogen-bond donors (Lipinski definition) is 2. The molecule has 1 aliphatic carbocycles. The molecule has 0 radical (unpaired) electrons. The molecule has 3 N–H and O–H groups in total. The lowest BCUT2D eigenvalue weighted by Crippen LogP contribution is -2.41. The number of rotatable bonds is 5. The maximum atomic E-state index is 12.1. The lowest BCUT2D eigenvalue weighted by Gasteiger charge is -2.24. The Balaban J connectivity index is 1.92. The van der Waals surface area contributed by atoms with Crippen molar-refractivity contribution in [1.82, 2.24) is 10.2 Å². The average molecular weight is 282 g/mol. The van der Waals surface area contributed by atoms with Crippen LogP contribution < -0.4 is 11.1 Å². The van der Waals surface area contributed by atoms with Gasteiger partial charge in [0.05, 0.1) is 16.3 Å². The standard InChI is InChI=1S/C14H20ClN3O/c1-9(18(2)10-6-7-10)8-17-14(19)11-4-3-5-12(16)13(11)15/h3-5,9-10H,6-8,16H2,1-2H3,(H,17,19). The molecule has 1 saturated carbocycles. The van der Waals surface area contributed by atoms with Gasteiger partial charge < -0.3 is 11.1 Å². The van der Waals surface area contributed by atoms with Gasteiger partial charge in [-0.15, -0.1) is 0 Å². The van der Waals surface area contributed by atoms with Gasteiger partial charge in [0.2, 0.25) is 0 Å². The zero-order valence-corrected chi connectivity index (χ0v) is 12.1. The van der Waals surface area contributed by atoms with E-state index < -0.39 is 0 Å². The van der Waals surface area contributed by atoms with Gasteiger partial charge in [0.25, 0.3) is 5.91 Å². The number of nitrogen functional groups attached to an aromatic ring is 1. The number of anilines is 1. The van der Waals surface area contributed by atoms with Crippen LogP contribution in [-0.2, 0) is 0 Å². The van der Waals surface area contributed by atoms with E-state index in [1.807, 2.05) is 0 Å². The summed E-state index contributed by atoms with van der Waals surface area (Å²) in [7, 11) is 2.10. The SMILES string of the molecule is CC(CNC(=O)c1cccc(N)c1Cl)N(C)C1CC1. The Morgan fingerprint density at radius 1 is 1.58 bits per heavy atom. The van der Waals surface area contributed by atoms with Crippen molar-refractivity contribution in [1.29, 1.82) is 0 Å². The Morgan fingerprint density at radius 2 is 2.26 bits per heavy atom. The van der Waals surface area contributed by atoms with E-state index in [0.29, 0.717) is 34.9 Å². The molecule has 0 aliphatic heterocycles. The summed E-state index contributed by atoms with van der Waals surface area (Å²) in [5.41, 5.74) is 6.55. The number of nitrogens with zero attached hydrogens (tertiary/aromatic N) is 1. The monoisotopic (exact) mass is 281 g/mol. The molecule has 104 valence electrons. The van der Waals surface area contributed by atoms with Crippen LogP contribution in [0.3, 0.4) is 0 Å². The van der Waals surface area contributed by atoms with Crippen molar-refractivity contribution >= 4 is 23.2 Å². The lowest BCUT2D eigenvalue weighted by molar-refractivity contribution is 0.0939. The first-order chi connectivity index (χ1) is 9.00. The van der Waals surface area contributed by atoms with Crippen LogP contribution in [0.5, 0.6) is 0 Å². The van der Waals surface area contributed by atoms with E-state index in [9.17, 15) is 4.79 Å². The third kappa shape index (κ3) is 3.39. The van der Waals surface area contributed by atoms with Gasteiger partial charge >= 0.3 is 0 Å². The van der Waals surface area contributed by atoms with E-state index in [4.69, 9.17) is 17.3 Å². The van der Waals surface area contributed by atoms with Crippen LogP contribution in [0.1, 0.15) is 30.1 Å². The summed E-state index contributed by atoms with van der Waals surface area (Å²) in [6, 6.07) is 6.10. The fraction of sp³-hybridized carbons (Fsp3) is 0.500. The van der Waals surface area contributed by atoms with Gasteiger partial charge in [-0.2, -0.15) is 0 Å². The summed E-state index contributed by atoms with van der Waals surface area (Å²) >= 11 is 6.03. The number of hydrogen-bond acceptors (Lipinski definition) is 3. The molecule has 1 aliphatic rings. The molecule has 1 amide bonds. The maximum absolute atomic E-state index is 12.1. The molecule has 0 bridgehead atoms. The van der Waals surface area contributed by atoms with Crippen LogP contribution in [0.15, 0.2) is 18.2 Å². The lowest BCUT2D eigenvalue weighted by atomic mass is 10.2. The van der Waals surface area contributed by atoms with Crippen LogP contribution in [0.4, 0.5) is 5.69 Å². The summed E-state index contributed by atoms with van der Waals surface area (Å²) in [6.07, 6.45) is 2.52. The Morgan fingerprint density at radius 3 is 2.89 bits per heavy atom. The number of nitrogens with two attached hydrogens (primary N) is 1. The normalized spacial score (nSPS) is 16.4. The summed E-state index contributed by atoms with van der Waals surface area (Å²) in [6.45, 7) is 2.72. The molecule has 1 aromatic carbocycles. The molecule has 1 fully saturated rings. The predicted octanol–water partition coefficient (Wildman–Crippen LogP) is 2.13. The molecule has 0 aromatic heterocycles. The number of nitrogens with one attached hydrogen (secondary N) is 1. The zero-order valence-electron chi connectivity index (χ0n) is 11.3. The second-order valence-corrected chi connectivity index (χ2v) is 5.54. The number of halogens is 1. The second-order valence-electron chi connectivity index (χ2n) is 5.16. The van der Waals surface area contributed by atoms with Crippen molar-refractivity contribution in [3.63, 3.8) is 0 Å². The van der Waals surface area contributed by atoms with Crippen molar-refractivity contribution in [3.05, 3.63) is 28.8 Å². The highest BCUT2D eigenvalue weighted by Gasteiger charge is 2.29. The Kier molecular flexibility index (Phi) is 4.32. The smallest absolute Gasteiger partial charge is 0.252 e. The van der Waals surface area contributed by atoms with E-state index >= 15 is 0 Å². The fourth-order valence-corrected chi connectivity index (χ4v) is 2.26. The molecular formula is C14H20ClN3O. The minimum atomic E-state index is -0.173. The largest absolute Gasteiger partial charge is 0.398 e. The minimum Gasteiger partial charge on any atom is -0.398 e. The molecule has 2 rings (SSSR count). The average Bonchev–Trinajstić information content (AvgIpc) is 3.22. The number of carbonyl (C=O) groups is 1. The predicted molar refractivity (Wildman–Crippen MR) is 78.4 cm³/mol. The number of amides is 1. The minimum absolute atomic E-state index is 0.173. The zero-order chi connectivity index (χ0) is 14.0. The second kappa shape index (κ2) is 5.80. The summed E-state index contributed by atoms with van der Waals surface area (Å²) in [5.74, 6) is -0.173. The molecule has 0 spiro atoms. The highest BCUT2D eigenvalue weighted by molar-refractivity contribution is 6.36. The van der Waals surface area contributed by atoms with Crippen molar-refractivity contribution in [2.24, 2.45) is 0 Å².